The van der Waals surface area contributed by atoms with Crippen LogP contribution in [0.1, 0.15) is 50.3 Å². The fraction of sp³-hybridized carbons (Fsp3) is 0.421. The van der Waals surface area contributed by atoms with Crippen molar-refractivity contribution in [1.29, 1.82) is 5.26 Å². The monoisotopic (exact) mass is 283 g/mol. The molecule has 0 bridgehead atoms. The van der Waals surface area contributed by atoms with Gasteiger partial charge in [0, 0.05) is 0 Å². The first-order valence-corrected chi connectivity index (χ1v) is 7.87. The Kier molecular flexibility index (Phi) is 4.96. The lowest BCUT2D eigenvalue weighted by molar-refractivity contribution is 0.605. The SMILES string of the molecule is CC.CCc1cc(C#N)cc2ccc(F)c(CC3CC3)c12. The summed E-state index contributed by atoms with van der Waals surface area (Å²) in [5.41, 5.74) is 2.60. The first kappa shape index (κ1) is 15.5. The zero-order chi connectivity index (χ0) is 15.4. The van der Waals surface area contributed by atoms with Crippen LogP contribution in [-0.4, -0.2) is 0 Å². The first-order valence-electron chi connectivity index (χ1n) is 7.87. The summed E-state index contributed by atoms with van der Waals surface area (Å²) in [6, 6.07) is 9.29. The normalized spacial score (nSPS) is 13.5. The van der Waals surface area contributed by atoms with E-state index in [-0.39, 0.29) is 5.82 Å². The largest absolute Gasteiger partial charge is 0.207 e. The molecule has 1 aliphatic carbocycles. The van der Waals surface area contributed by atoms with Crippen LogP contribution in [0.3, 0.4) is 0 Å². The van der Waals surface area contributed by atoms with Gasteiger partial charge in [-0.15, -0.1) is 0 Å². The Morgan fingerprint density at radius 1 is 1.24 bits per heavy atom. The van der Waals surface area contributed by atoms with Crippen LogP contribution >= 0.6 is 0 Å². The molecule has 0 unspecified atom stereocenters. The van der Waals surface area contributed by atoms with E-state index >= 15 is 0 Å². The van der Waals surface area contributed by atoms with Gasteiger partial charge in [0.25, 0.3) is 0 Å². The number of halogens is 1. The molecule has 110 valence electrons. The summed E-state index contributed by atoms with van der Waals surface area (Å²) in [5.74, 6) is 0.555. The highest BCUT2D eigenvalue weighted by Gasteiger charge is 2.24. The van der Waals surface area contributed by atoms with Crippen LogP contribution in [0.5, 0.6) is 0 Å². The van der Waals surface area contributed by atoms with E-state index in [1.54, 1.807) is 12.1 Å². The van der Waals surface area contributed by atoms with Crippen molar-refractivity contribution in [3.05, 3.63) is 46.8 Å². The molecule has 0 spiro atoms. The minimum absolute atomic E-state index is 0.0983. The van der Waals surface area contributed by atoms with Crippen molar-refractivity contribution in [3.63, 3.8) is 0 Å². The average molecular weight is 283 g/mol. The van der Waals surface area contributed by atoms with Crippen molar-refractivity contribution in [3.8, 4) is 6.07 Å². The highest BCUT2D eigenvalue weighted by Crippen LogP contribution is 2.37. The van der Waals surface area contributed by atoms with Crippen LogP contribution in [0.2, 0.25) is 0 Å². The Balaban J connectivity index is 0.000000774. The molecule has 0 saturated heterocycles. The van der Waals surface area contributed by atoms with Gasteiger partial charge in [-0.05, 0) is 71.7 Å². The maximum atomic E-state index is 14.1. The van der Waals surface area contributed by atoms with Gasteiger partial charge >= 0.3 is 0 Å². The Labute approximate surface area is 126 Å². The highest BCUT2D eigenvalue weighted by atomic mass is 19.1. The Morgan fingerprint density at radius 3 is 2.52 bits per heavy atom. The molecule has 0 N–H and O–H groups in total. The molecule has 2 heteroatoms. The summed E-state index contributed by atoms with van der Waals surface area (Å²) < 4.78 is 14.1. The first-order chi connectivity index (χ1) is 10.2. The molecule has 0 aromatic heterocycles. The lowest BCUT2D eigenvalue weighted by Gasteiger charge is -2.12. The predicted octanol–water partition coefficient (Wildman–Crippen LogP) is 5.39. The molecule has 2 aromatic rings. The maximum absolute atomic E-state index is 14.1. The van der Waals surface area contributed by atoms with Gasteiger partial charge in [0.15, 0.2) is 0 Å². The second kappa shape index (κ2) is 6.72. The number of benzene rings is 2. The number of aryl methyl sites for hydroxylation is 1. The predicted molar refractivity (Wildman–Crippen MR) is 85.8 cm³/mol. The van der Waals surface area contributed by atoms with E-state index < -0.39 is 0 Å². The number of nitrogens with zero attached hydrogens (tertiary/aromatic N) is 1. The molecule has 1 fully saturated rings. The Hall–Kier alpha value is -1.88. The third kappa shape index (κ3) is 3.24. The van der Waals surface area contributed by atoms with Crippen LogP contribution in [0.4, 0.5) is 4.39 Å². The number of hydrogen-bond acceptors (Lipinski definition) is 1. The van der Waals surface area contributed by atoms with Crippen molar-refractivity contribution in [2.75, 3.05) is 0 Å². The number of nitriles is 1. The minimum atomic E-state index is -0.0983. The van der Waals surface area contributed by atoms with E-state index in [9.17, 15) is 4.39 Å². The fourth-order valence-electron chi connectivity index (χ4n) is 2.76. The molecule has 0 atom stereocenters. The van der Waals surface area contributed by atoms with Crippen LogP contribution < -0.4 is 0 Å². The molecule has 1 saturated carbocycles. The number of fused-ring (bicyclic) bond motifs is 1. The lowest BCUT2D eigenvalue weighted by atomic mass is 9.93. The van der Waals surface area contributed by atoms with E-state index in [4.69, 9.17) is 5.26 Å². The molecule has 3 rings (SSSR count). The van der Waals surface area contributed by atoms with Crippen molar-refractivity contribution in [2.24, 2.45) is 5.92 Å². The van der Waals surface area contributed by atoms with Crippen LogP contribution in [-0.2, 0) is 12.8 Å². The number of hydrogen-bond donors (Lipinski definition) is 0. The summed E-state index contributed by atoms with van der Waals surface area (Å²) in [6.07, 6.45) is 4.09. The molecular formula is C19H22FN. The van der Waals surface area contributed by atoms with Gasteiger partial charge in [0.1, 0.15) is 5.82 Å². The maximum Gasteiger partial charge on any atom is 0.127 e. The zero-order valence-electron chi connectivity index (χ0n) is 13.0. The van der Waals surface area contributed by atoms with Gasteiger partial charge in [-0.2, -0.15) is 5.26 Å². The van der Waals surface area contributed by atoms with E-state index in [1.807, 2.05) is 26.0 Å². The van der Waals surface area contributed by atoms with E-state index in [1.165, 1.54) is 12.8 Å². The van der Waals surface area contributed by atoms with Gasteiger partial charge in [-0.25, -0.2) is 4.39 Å². The van der Waals surface area contributed by atoms with E-state index in [2.05, 4.69) is 13.0 Å². The van der Waals surface area contributed by atoms with E-state index in [0.717, 1.165) is 34.7 Å². The van der Waals surface area contributed by atoms with Crippen LogP contribution in [0, 0.1) is 23.1 Å². The molecule has 1 nitrogen and oxygen atoms in total. The molecule has 21 heavy (non-hydrogen) atoms. The lowest BCUT2D eigenvalue weighted by Crippen LogP contribution is -1.98. The quantitative estimate of drug-likeness (QED) is 0.740. The Bertz CT molecular complexity index is 678. The highest BCUT2D eigenvalue weighted by molar-refractivity contribution is 5.90. The molecule has 0 heterocycles. The van der Waals surface area contributed by atoms with Gasteiger partial charge in [0.05, 0.1) is 11.6 Å². The molecule has 1 aliphatic rings. The number of rotatable bonds is 3. The van der Waals surface area contributed by atoms with Crippen LogP contribution in [0.15, 0.2) is 24.3 Å². The fourth-order valence-corrected chi connectivity index (χ4v) is 2.76. The summed E-state index contributed by atoms with van der Waals surface area (Å²) in [7, 11) is 0. The standard InChI is InChI=1S/C17H16FN.C2H6/c1-2-13-7-12(10-19)8-14-5-6-16(18)15(17(13)14)9-11-3-4-11;1-2/h5-8,11H,2-4,9H2,1H3;1-2H3. The second-order valence-corrected chi connectivity index (χ2v) is 5.37. The van der Waals surface area contributed by atoms with Crippen molar-refractivity contribution < 1.29 is 4.39 Å². The topological polar surface area (TPSA) is 23.8 Å². The minimum Gasteiger partial charge on any atom is -0.207 e. The van der Waals surface area contributed by atoms with Gasteiger partial charge < -0.3 is 0 Å². The Morgan fingerprint density at radius 2 is 1.95 bits per heavy atom. The summed E-state index contributed by atoms with van der Waals surface area (Å²) in [4.78, 5) is 0. The van der Waals surface area contributed by atoms with E-state index in [0.29, 0.717) is 11.5 Å². The molecule has 2 aromatic carbocycles. The third-order valence-corrected chi connectivity index (χ3v) is 3.95. The third-order valence-electron chi connectivity index (χ3n) is 3.95. The molecular weight excluding hydrogens is 261 g/mol. The molecule has 0 radical (unpaired) electrons. The van der Waals surface area contributed by atoms with Crippen molar-refractivity contribution in [1.82, 2.24) is 0 Å². The van der Waals surface area contributed by atoms with Crippen molar-refractivity contribution >= 4 is 10.8 Å². The van der Waals surface area contributed by atoms with Crippen molar-refractivity contribution in [2.45, 2.75) is 46.5 Å². The van der Waals surface area contributed by atoms with Gasteiger partial charge in [-0.3, -0.25) is 0 Å². The second-order valence-electron chi connectivity index (χ2n) is 5.37. The smallest absolute Gasteiger partial charge is 0.127 e. The van der Waals surface area contributed by atoms with Gasteiger partial charge in [0.2, 0.25) is 0 Å². The summed E-state index contributed by atoms with van der Waals surface area (Å²) >= 11 is 0. The van der Waals surface area contributed by atoms with Gasteiger partial charge in [-0.1, -0.05) is 26.8 Å². The average Bonchev–Trinajstić information content (AvgIpc) is 3.35. The molecule has 0 amide bonds. The zero-order valence-corrected chi connectivity index (χ0v) is 13.0. The summed E-state index contributed by atoms with van der Waals surface area (Å²) in [6.45, 7) is 6.06. The molecule has 0 aliphatic heterocycles. The summed E-state index contributed by atoms with van der Waals surface area (Å²) in [5, 5.41) is 11.1. The van der Waals surface area contributed by atoms with Crippen LogP contribution in [0.25, 0.3) is 10.8 Å².